The Morgan fingerprint density at radius 3 is 2.86 bits per heavy atom. The Hall–Kier alpha value is -3.56. The number of aromatic nitrogens is 3. The predicted molar refractivity (Wildman–Crippen MR) is 97.6 cm³/mol. The third-order valence-corrected chi connectivity index (χ3v) is 4.64. The monoisotopic (exact) mass is 402 g/mol. The third kappa shape index (κ3) is 3.86. The lowest BCUT2D eigenvalue weighted by Gasteiger charge is -2.32. The summed E-state index contributed by atoms with van der Waals surface area (Å²) in [6.45, 7) is 2.47. The van der Waals surface area contributed by atoms with Crippen LogP contribution in [0.15, 0.2) is 42.7 Å². The fourth-order valence-corrected chi connectivity index (χ4v) is 3.02. The molecule has 29 heavy (non-hydrogen) atoms. The van der Waals surface area contributed by atoms with Crippen molar-refractivity contribution >= 4 is 5.82 Å². The van der Waals surface area contributed by atoms with Crippen LogP contribution in [0.25, 0.3) is 11.1 Å². The SMILES string of the molecule is CC1(COc2ccc(-c3ccc(F)cc3F)cn2)CCn2cc([N+](=O)[O-])nc2O1. The van der Waals surface area contributed by atoms with Crippen LogP contribution in [0.5, 0.6) is 11.9 Å². The third-order valence-electron chi connectivity index (χ3n) is 4.64. The van der Waals surface area contributed by atoms with Crippen LogP contribution in [0.4, 0.5) is 14.6 Å². The number of fused-ring (bicyclic) bond motifs is 1. The Morgan fingerprint density at radius 1 is 1.34 bits per heavy atom. The molecule has 4 rings (SSSR count). The van der Waals surface area contributed by atoms with E-state index in [-0.39, 0.29) is 24.0 Å². The van der Waals surface area contributed by atoms with E-state index in [1.807, 2.05) is 6.92 Å². The van der Waals surface area contributed by atoms with Crippen molar-refractivity contribution in [2.45, 2.75) is 25.5 Å². The fourth-order valence-electron chi connectivity index (χ4n) is 3.02. The number of halogens is 2. The molecule has 0 N–H and O–H groups in total. The molecule has 150 valence electrons. The lowest BCUT2D eigenvalue weighted by Crippen LogP contribution is -2.43. The van der Waals surface area contributed by atoms with Gasteiger partial charge in [-0.3, -0.25) is 4.57 Å². The highest BCUT2D eigenvalue weighted by Crippen LogP contribution is 2.31. The van der Waals surface area contributed by atoms with Crippen LogP contribution in [0, 0.1) is 21.7 Å². The Balaban J connectivity index is 1.43. The molecule has 0 aliphatic carbocycles. The van der Waals surface area contributed by atoms with Gasteiger partial charge in [-0.1, -0.05) is 0 Å². The minimum absolute atomic E-state index is 0.144. The molecule has 0 spiro atoms. The van der Waals surface area contributed by atoms with Crippen LogP contribution in [-0.4, -0.2) is 31.7 Å². The molecule has 2 aromatic heterocycles. The standard InChI is InChI=1S/C19H16F2N4O4/c1-19(6-7-24-10-16(25(26)27)23-18(24)29-19)11-28-17-5-2-12(9-22-17)14-4-3-13(20)8-15(14)21/h2-5,8-10H,6-7,11H2,1H3. The van der Waals surface area contributed by atoms with Gasteiger partial charge in [0.15, 0.2) is 0 Å². The molecule has 0 fully saturated rings. The zero-order chi connectivity index (χ0) is 20.6. The predicted octanol–water partition coefficient (Wildman–Crippen LogP) is 3.75. The first-order chi connectivity index (χ1) is 13.8. The van der Waals surface area contributed by atoms with Crippen LogP contribution >= 0.6 is 0 Å². The molecule has 0 radical (unpaired) electrons. The van der Waals surface area contributed by atoms with E-state index < -0.39 is 22.2 Å². The van der Waals surface area contributed by atoms with Gasteiger partial charge in [0.1, 0.15) is 30.0 Å². The molecule has 1 atom stereocenters. The average molecular weight is 402 g/mol. The summed E-state index contributed by atoms with van der Waals surface area (Å²) >= 11 is 0. The number of nitro groups is 1. The van der Waals surface area contributed by atoms with E-state index in [0.717, 1.165) is 6.07 Å². The van der Waals surface area contributed by atoms with Gasteiger partial charge in [0.25, 0.3) is 0 Å². The first-order valence-electron chi connectivity index (χ1n) is 8.78. The average Bonchev–Trinajstić information content (AvgIpc) is 3.10. The largest absolute Gasteiger partial charge is 0.473 e. The quantitative estimate of drug-likeness (QED) is 0.477. The molecular formula is C19H16F2N4O4. The molecular weight excluding hydrogens is 386 g/mol. The summed E-state index contributed by atoms with van der Waals surface area (Å²) in [7, 11) is 0. The first kappa shape index (κ1) is 18.8. The number of imidazole rings is 1. The van der Waals surface area contributed by atoms with Gasteiger partial charge in [0.2, 0.25) is 5.88 Å². The molecule has 10 heteroatoms. The number of hydrogen-bond donors (Lipinski definition) is 0. The number of rotatable bonds is 5. The van der Waals surface area contributed by atoms with E-state index in [1.54, 1.807) is 16.7 Å². The van der Waals surface area contributed by atoms with E-state index in [2.05, 4.69) is 9.97 Å². The van der Waals surface area contributed by atoms with Gasteiger partial charge in [-0.15, -0.1) is 0 Å². The summed E-state index contributed by atoms with van der Waals surface area (Å²) in [5, 5.41) is 10.9. The molecule has 8 nitrogen and oxygen atoms in total. The van der Waals surface area contributed by atoms with E-state index in [9.17, 15) is 18.9 Å². The molecule has 0 saturated heterocycles. The van der Waals surface area contributed by atoms with Gasteiger partial charge in [-0.05, 0) is 30.0 Å². The maximum absolute atomic E-state index is 13.9. The molecule has 1 aliphatic rings. The molecule has 0 amide bonds. The minimum Gasteiger partial charge on any atom is -0.473 e. The maximum atomic E-state index is 13.9. The van der Waals surface area contributed by atoms with Crippen LogP contribution in [-0.2, 0) is 6.54 Å². The van der Waals surface area contributed by atoms with E-state index in [4.69, 9.17) is 9.47 Å². The van der Waals surface area contributed by atoms with Crippen molar-refractivity contribution in [1.82, 2.24) is 14.5 Å². The van der Waals surface area contributed by atoms with Gasteiger partial charge in [-0.25, -0.2) is 13.8 Å². The lowest BCUT2D eigenvalue weighted by atomic mass is 10.0. The summed E-state index contributed by atoms with van der Waals surface area (Å²) < 4.78 is 40.0. The second kappa shape index (κ2) is 7.12. The molecule has 1 aliphatic heterocycles. The van der Waals surface area contributed by atoms with Crippen LogP contribution < -0.4 is 9.47 Å². The maximum Gasteiger partial charge on any atom is 0.414 e. The highest BCUT2D eigenvalue weighted by atomic mass is 19.1. The highest BCUT2D eigenvalue weighted by molar-refractivity contribution is 5.63. The lowest BCUT2D eigenvalue weighted by molar-refractivity contribution is -0.389. The van der Waals surface area contributed by atoms with Crippen molar-refractivity contribution in [3.05, 3.63) is 64.5 Å². The summed E-state index contributed by atoms with van der Waals surface area (Å²) in [6, 6.07) is 6.71. The Morgan fingerprint density at radius 2 is 2.17 bits per heavy atom. The summed E-state index contributed by atoms with van der Waals surface area (Å²) in [5.41, 5.74) is -0.00990. The topological polar surface area (TPSA) is 92.3 Å². The van der Waals surface area contributed by atoms with E-state index in [0.29, 0.717) is 24.4 Å². The van der Waals surface area contributed by atoms with Gasteiger partial charge >= 0.3 is 11.8 Å². The zero-order valence-electron chi connectivity index (χ0n) is 15.3. The number of nitrogens with zero attached hydrogens (tertiary/aromatic N) is 4. The second-order valence-corrected chi connectivity index (χ2v) is 6.93. The van der Waals surface area contributed by atoms with Crippen molar-refractivity contribution in [1.29, 1.82) is 0 Å². The fraction of sp³-hybridized carbons (Fsp3) is 0.263. The normalized spacial score (nSPS) is 18.0. The van der Waals surface area contributed by atoms with Crippen molar-refractivity contribution in [3.63, 3.8) is 0 Å². The van der Waals surface area contributed by atoms with Crippen molar-refractivity contribution in [2.75, 3.05) is 6.61 Å². The van der Waals surface area contributed by atoms with Gasteiger partial charge in [0, 0.05) is 47.4 Å². The Labute approximate surface area is 163 Å². The van der Waals surface area contributed by atoms with Gasteiger partial charge in [-0.2, -0.15) is 0 Å². The number of ether oxygens (including phenoxy) is 2. The minimum atomic E-state index is -0.737. The number of pyridine rings is 1. The van der Waals surface area contributed by atoms with Crippen LogP contribution in [0.2, 0.25) is 0 Å². The highest BCUT2D eigenvalue weighted by Gasteiger charge is 2.37. The van der Waals surface area contributed by atoms with Crippen molar-refractivity contribution in [3.8, 4) is 23.0 Å². The van der Waals surface area contributed by atoms with Crippen LogP contribution in [0.3, 0.4) is 0 Å². The van der Waals surface area contributed by atoms with E-state index in [1.165, 1.54) is 24.5 Å². The molecule has 1 aromatic carbocycles. The smallest absolute Gasteiger partial charge is 0.414 e. The molecule has 3 aromatic rings. The number of aryl methyl sites for hydroxylation is 1. The molecule has 0 saturated carbocycles. The van der Waals surface area contributed by atoms with Crippen LogP contribution in [0.1, 0.15) is 13.3 Å². The molecule has 3 heterocycles. The summed E-state index contributed by atoms with van der Waals surface area (Å²) in [5.74, 6) is -1.28. The summed E-state index contributed by atoms with van der Waals surface area (Å²) in [4.78, 5) is 18.3. The van der Waals surface area contributed by atoms with E-state index >= 15 is 0 Å². The zero-order valence-corrected chi connectivity index (χ0v) is 15.3. The molecule has 0 bridgehead atoms. The van der Waals surface area contributed by atoms with Crippen molar-refractivity contribution in [2.24, 2.45) is 0 Å². The van der Waals surface area contributed by atoms with Crippen molar-refractivity contribution < 1.29 is 23.2 Å². The summed E-state index contributed by atoms with van der Waals surface area (Å²) in [6.07, 6.45) is 3.34. The second-order valence-electron chi connectivity index (χ2n) is 6.93. The number of hydrogen-bond acceptors (Lipinski definition) is 6. The first-order valence-corrected chi connectivity index (χ1v) is 8.78. The van der Waals surface area contributed by atoms with Gasteiger partial charge < -0.3 is 19.6 Å². The molecule has 1 unspecified atom stereocenters. The Bertz CT molecular complexity index is 1070. The number of benzene rings is 1. The Kier molecular flexibility index (Phi) is 4.61. The van der Waals surface area contributed by atoms with Gasteiger partial charge in [0.05, 0.1) is 0 Å².